The summed E-state index contributed by atoms with van der Waals surface area (Å²) in [6.07, 6.45) is 3.51. The average molecular weight is 272 g/mol. The van der Waals surface area contributed by atoms with E-state index in [2.05, 4.69) is 24.3 Å². The van der Waals surface area contributed by atoms with Crippen molar-refractivity contribution in [1.82, 2.24) is 15.1 Å². The predicted molar refractivity (Wildman–Crippen MR) is 78.3 cm³/mol. The van der Waals surface area contributed by atoms with E-state index in [4.69, 9.17) is 5.73 Å². The molecule has 1 aromatic carbocycles. The highest BCUT2D eigenvalue weighted by Crippen LogP contribution is 2.15. The van der Waals surface area contributed by atoms with Crippen molar-refractivity contribution < 1.29 is 4.79 Å². The third kappa shape index (κ3) is 3.45. The number of rotatable bonds is 6. The number of nitrogens with two attached hydrogens (primary N) is 1. The molecular weight excluding hydrogens is 252 g/mol. The summed E-state index contributed by atoms with van der Waals surface area (Å²) in [5.41, 5.74) is 7.19. The summed E-state index contributed by atoms with van der Waals surface area (Å²) < 4.78 is 1.74. The maximum Gasteiger partial charge on any atom is 0.239 e. The van der Waals surface area contributed by atoms with E-state index in [1.807, 2.05) is 36.5 Å². The Hall–Kier alpha value is -2.14. The Bertz CT molecular complexity index is 562. The first-order chi connectivity index (χ1) is 9.58. The molecule has 1 atom stereocenters. The Morgan fingerprint density at radius 1 is 1.35 bits per heavy atom. The molecule has 0 aliphatic carbocycles. The van der Waals surface area contributed by atoms with E-state index in [1.165, 1.54) is 0 Å². The van der Waals surface area contributed by atoms with Gasteiger partial charge < -0.3 is 11.1 Å². The van der Waals surface area contributed by atoms with Crippen LogP contribution in [-0.4, -0.2) is 22.2 Å². The second-order valence-electron chi connectivity index (χ2n) is 5.19. The summed E-state index contributed by atoms with van der Waals surface area (Å²) in [6.45, 7) is 4.89. The molecule has 5 nitrogen and oxygen atoms in total. The number of amides is 1. The van der Waals surface area contributed by atoms with Crippen molar-refractivity contribution in [3.8, 4) is 5.69 Å². The van der Waals surface area contributed by atoms with Crippen molar-refractivity contribution in [2.24, 2.45) is 11.7 Å². The highest BCUT2D eigenvalue weighted by molar-refractivity contribution is 5.81. The molecule has 0 saturated heterocycles. The minimum atomic E-state index is -0.505. The molecule has 1 amide bonds. The van der Waals surface area contributed by atoms with Crippen LogP contribution in [0.3, 0.4) is 0 Å². The van der Waals surface area contributed by atoms with Gasteiger partial charge in [0.15, 0.2) is 0 Å². The number of nitrogens with one attached hydrogen (secondary N) is 1. The number of hydrogen-bond acceptors (Lipinski definition) is 3. The standard InChI is InChI=1S/C15H20N4O/c1-11(2)8-17-14(15(16)20)12-9-18-19(10-12)13-6-4-3-5-7-13/h3-7,9-11,14,17H,8H2,1-2H3,(H2,16,20). The van der Waals surface area contributed by atoms with Crippen molar-refractivity contribution >= 4 is 5.91 Å². The molecule has 20 heavy (non-hydrogen) atoms. The second-order valence-corrected chi connectivity index (χ2v) is 5.19. The lowest BCUT2D eigenvalue weighted by atomic mass is 10.1. The van der Waals surface area contributed by atoms with E-state index in [9.17, 15) is 4.79 Å². The molecule has 0 saturated carbocycles. The van der Waals surface area contributed by atoms with Gasteiger partial charge in [-0.2, -0.15) is 5.10 Å². The van der Waals surface area contributed by atoms with Gasteiger partial charge in [-0.1, -0.05) is 32.0 Å². The molecule has 1 unspecified atom stereocenters. The van der Waals surface area contributed by atoms with E-state index < -0.39 is 11.9 Å². The van der Waals surface area contributed by atoms with E-state index in [1.54, 1.807) is 10.9 Å². The number of para-hydroxylation sites is 1. The van der Waals surface area contributed by atoms with Crippen LogP contribution in [0.2, 0.25) is 0 Å². The van der Waals surface area contributed by atoms with E-state index in [0.717, 1.165) is 17.8 Å². The summed E-state index contributed by atoms with van der Waals surface area (Å²) in [6, 6.07) is 9.24. The lowest BCUT2D eigenvalue weighted by Crippen LogP contribution is -2.35. The van der Waals surface area contributed by atoms with Crippen LogP contribution in [0.4, 0.5) is 0 Å². The minimum Gasteiger partial charge on any atom is -0.368 e. The zero-order chi connectivity index (χ0) is 14.5. The summed E-state index contributed by atoms with van der Waals surface area (Å²) in [4.78, 5) is 11.6. The molecule has 0 spiro atoms. The van der Waals surface area contributed by atoms with Crippen LogP contribution in [0.15, 0.2) is 42.7 Å². The molecule has 0 fully saturated rings. The van der Waals surface area contributed by atoms with Crippen molar-refractivity contribution in [2.75, 3.05) is 6.54 Å². The predicted octanol–water partition coefficient (Wildman–Crippen LogP) is 1.64. The summed E-state index contributed by atoms with van der Waals surface area (Å²) in [5.74, 6) is 0.0549. The lowest BCUT2D eigenvalue weighted by Gasteiger charge is -2.15. The van der Waals surface area contributed by atoms with Gasteiger partial charge in [0.2, 0.25) is 5.91 Å². The van der Waals surface area contributed by atoms with Crippen LogP contribution in [-0.2, 0) is 4.79 Å². The molecule has 2 rings (SSSR count). The SMILES string of the molecule is CC(C)CNC(C(N)=O)c1cnn(-c2ccccc2)c1. The van der Waals surface area contributed by atoms with Crippen LogP contribution < -0.4 is 11.1 Å². The minimum absolute atomic E-state index is 0.390. The number of primary amides is 1. The van der Waals surface area contributed by atoms with Gasteiger partial charge in [-0.05, 0) is 24.6 Å². The molecule has 5 heteroatoms. The number of carbonyl (C=O) groups excluding carboxylic acids is 1. The number of benzene rings is 1. The van der Waals surface area contributed by atoms with E-state index in [-0.39, 0.29) is 0 Å². The molecule has 0 aliphatic rings. The monoisotopic (exact) mass is 272 g/mol. The van der Waals surface area contributed by atoms with Gasteiger partial charge in [-0.25, -0.2) is 4.68 Å². The fraction of sp³-hybridized carbons (Fsp3) is 0.333. The largest absolute Gasteiger partial charge is 0.368 e. The average Bonchev–Trinajstić information content (AvgIpc) is 2.89. The third-order valence-electron chi connectivity index (χ3n) is 2.97. The van der Waals surface area contributed by atoms with Crippen LogP contribution >= 0.6 is 0 Å². The lowest BCUT2D eigenvalue weighted by molar-refractivity contribution is -0.120. The Kier molecular flexibility index (Phi) is 4.53. The highest BCUT2D eigenvalue weighted by Gasteiger charge is 2.19. The molecule has 106 valence electrons. The normalized spacial score (nSPS) is 12.6. The zero-order valence-corrected chi connectivity index (χ0v) is 11.8. The summed E-state index contributed by atoms with van der Waals surface area (Å²) in [5, 5.41) is 7.46. The first kappa shape index (κ1) is 14.3. The van der Waals surface area contributed by atoms with Gasteiger partial charge in [-0.15, -0.1) is 0 Å². The maximum absolute atomic E-state index is 11.6. The van der Waals surface area contributed by atoms with Gasteiger partial charge in [0.25, 0.3) is 0 Å². The first-order valence-corrected chi connectivity index (χ1v) is 6.70. The summed E-state index contributed by atoms with van der Waals surface area (Å²) >= 11 is 0. The molecule has 0 radical (unpaired) electrons. The number of carbonyl (C=O) groups is 1. The molecular formula is C15H20N4O. The Labute approximate surface area is 118 Å². The fourth-order valence-electron chi connectivity index (χ4n) is 1.94. The van der Waals surface area contributed by atoms with Gasteiger partial charge in [0, 0.05) is 11.8 Å². The van der Waals surface area contributed by atoms with Gasteiger partial charge in [0.1, 0.15) is 6.04 Å². The van der Waals surface area contributed by atoms with Gasteiger partial charge >= 0.3 is 0 Å². The van der Waals surface area contributed by atoms with Crippen molar-refractivity contribution in [2.45, 2.75) is 19.9 Å². The maximum atomic E-state index is 11.6. The second kappa shape index (κ2) is 6.34. The van der Waals surface area contributed by atoms with E-state index in [0.29, 0.717) is 5.92 Å². The number of aromatic nitrogens is 2. The molecule has 3 N–H and O–H groups in total. The van der Waals surface area contributed by atoms with Crippen molar-refractivity contribution in [3.63, 3.8) is 0 Å². The number of hydrogen-bond donors (Lipinski definition) is 2. The van der Waals surface area contributed by atoms with Gasteiger partial charge in [-0.3, -0.25) is 4.79 Å². The van der Waals surface area contributed by atoms with Crippen LogP contribution in [0.5, 0.6) is 0 Å². The molecule has 1 heterocycles. The number of nitrogens with zero attached hydrogens (tertiary/aromatic N) is 2. The smallest absolute Gasteiger partial charge is 0.239 e. The summed E-state index contributed by atoms with van der Waals surface area (Å²) in [7, 11) is 0. The Balaban J connectivity index is 2.19. The Morgan fingerprint density at radius 2 is 2.05 bits per heavy atom. The van der Waals surface area contributed by atoms with Crippen molar-refractivity contribution in [1.29, 1.82) is 0 Å². The van der Waals surface area contributed by atoms with Crippen molar-refractivity contribution in [3.05, 3.63) is 48.3 Å². The van der Waals surface area contributed by atoms with Crippen LogP contribution in [0, 0.1) is 5.92 Å². The zero-order valence-electron chi connectivity index (χ0n) is 11.8. The topological polar surface area (TPSA) is 72.9 Å². The van der Waals surface area contributed by atoms with Crippen LogP contribution in [0.1, 0.15) is 25.5 Å². The van der Waals surface area contributed by atoms with E-state index >= 15 is 0 Å². The highest BCUT2D eigenvalue weighted by atomic mass is 16.1. The quantitative estimate of drug-likeness (QED) is 0.839. The molecule has 0 bridgehead atoms. The fourth-order valence-corrected chi connectivity index (χ4v) is 1.94. The molecule has 0 aliphatic heterocycles. The Morgan fingerprint density at radius 3 is 2.65 bits per heavy atom. The third-order valence-corrected chi connectivity index (χ3v) is 2.97. The molecule has 2 aromatic rings. The van der Waals surface area contributed by atoms with Gasteiger partial charge in [0.05, 0.1) is 11.9 Å². The molecule has 1 aromatic heterocycles. The first-order valence-electron chi connectivity index (χ1n) is 6.70. The van der Waals surface area contributed by atoms with Crippen LogP contribution in [0.25, 0.3) is 5.69 Å².